The first-order chi connectivity index (χ1) is 11.4. The number of nitrogens with one attached hydrogen (secondary N) is 2. The molecule has 0 saturated carbocycles. The Hall–Kier alpha value is -2.96. The number of cyclic esters (lactones) is 2. The lowest BCUT2D eigenvalue weighted by Gasteiger charge is -2.20. The number of imide groups is 1. The quantitative estimate of drug-likeness (QED) is 0.332. The van der Waals surface area contributed by atoms with Crippen LogP contribution in [-0.4, -0.2) is 29.8 Å². The van der Waals surface area contributed by atoms with Gasteiger partial charge in [-0.1, -0.05) is 19.6 Å². The maximum atomic E-state index is 11.8. The lowest BCUT2D eigenvalue weighted by Crippen LogP contribution is -2.29. The summed E-state index contributed by atoms with van der Waals surface area (Å²) in [4.78, 5) is 46.4. The number of ether oxygens (including phenoxy) is 1. The van der Waals surface area contributed by atoms with E-state index in [1.54, 1.807) is 24.3 Å². The van der Waals surface area contributed by atoms with Crippen molar-refractivity contribution >= 4 is 23.8 Å². The van der Waals surface area contributed by atoms with Gasteiger partial charge in [-0.3, -0.25) is 24.5 Å². The predicted octanol–water partition coefficient (Wildman–Crippen LogP) is 0.263. The molecule has 2 aliphatic heterocycles. The van der Waals surface area contributed by atoms with E-state index in [1.165, 1.54) is 0 Å². The van der Waals surface area contributed by atoms with Gasteiger partial charge in [0.1, 0.15) is 0 Å². The van der Waals surface area contributed by atoms with E-state index in [0.29, 0.717) is 12.1 Å². The van der Waals surface area contributed by atoms with Crippen LogP contribution in [0.25, 0.3) is 0 Å². The molecular weight excluding hydrogens is 312 g/mol. The standard InChI is InChI=1S/C17H16N2O5/c1-3-9(6-12-8(2)14(20)19-15(12)21)18-10-4-5-11-13(7-10)17(23)24-16(11)22/h4-7,9,11,13,18H,2-3H2,1H3,(H,19,20,21)/b12-6+. The average molecular weight is 328 g/mol. The summed E-state index contributed by atoms with van der Waals surface area (Å²) in [7, 11) is 0. The van der Waals surface area contributed by atoms with Crippen molar-refractivity contribution in [1.82, 2.24) is 10.6 Å². The van der Waals surface area contributed by atoms with Gasteiger partial charge < -0.3 is 10.1 Å². The van der Waals surface area contributed by atoms with Crippen molar-refractivity contribution in [2.75, 3.05) is 0 Å². The van der Waals surface area contributed by atoms with E-state index in [0.717, 1.165) is 0 Å². The van der Waals surface area contributed by atoms with Gasteiger partial charge in [-0.2, -0.15) is 0 Å². The van der Waals surface area contributed by atoms with E-state index in [2.05, 4.69) is 21.9 Å². The van der Waals surface area contributed by atoms with Crippen LogP contribution in [0.5, 0.6) is 0 Å². The molecule has 0 aromatic heterocycles. The summed E-state index contributed by atoms with van der Waals surface area (Å²) in [6.45, 7) is 5.52. The molecule has 0 aromatic rings. The first kappa shape index (κ1) is 15.9. The number of esters is 2. The fourth-order valence-corrected chi connectivity index (χ4v) is 2.81. The minimum Gasteiger partial charge on any atom is -0.392 e. The zero-order chi connectivity index (χ0) is 17.4. The van der Waals surface area contributed by atoms with Gasteiger partial charge >= 0.3 is 11.9 Å². The summed E-state index contributed by atoms with van der Waals surface area (Å²) in [5.74, 6) is -3.25. The molecular formula is C17H16N2O5. The van der Waals surface area contributed by atoms with Crippen molar-refractivity contribution in [2.24, 2.45) is 11.8 Å². The third kappa shape index (κ3) is 2.68. The Morgan fingerprint density at radius 3 is 2.58 bits per heavy atom. The van der Waals surface area contributed by atoms with Gasteiger partial charge in [-0.25, -0.2) is 0 Å². The molecule has 3 rings (SSSR count). The molecule has 124 valence electrons. The van der Waals surface area contributed by atoms with Crippen LogP contribution < -0.4 is 10.6 Å². The highest BCUT2D eigenvalue weighted by Crippen LogP contribution is 2.30. The van der Waals surface area contributed by atoms with Gasteiger partial charge in [0.2, 0.25) is 0 Å². The van der Waals surface area contributed by atoms with Crippen LogP contribution in [0.4, 0.5) is 0 Å². The lowest BCUT2D eigenvalue weighted by molar-refractivity contribution is -0.153. The number of hydrogen-bond acceptors (Lipinski definition) is 6. The fourth-order valence-electron chi connectivity index (χ4n) is 2.81. The van der Waals surface area contributed by atoms with Gasteiger partial charge in [0.25, 0.3) is 11.8 Å². The van der Waals surface area contributed by atoms with Gasteiger partial charge in [0.15, 0.2) is 0 Å². The van der Waals surface area contributed by atoms with Crippen molar-refractivity contribution in [2.45, 2.75) is 19.4 Å². The first-order valence-electron chi connectivity index (χ1n) is 7.59. The SMILES string of the molecule is C=C1C(=O)NC(=O)/C1=C/C(CC)NC1=CC2C(=O)OC(=O)C2C=C1. The molecule has 7 heteroatoms. The number of amides is 2. The molecule has 7 nitrogen and oxygen atoms in total. The average Bonchev–Trinajstić information content (AvgIpc) is 2.96. The van der Waals surface area contributed by atoms with Gasteiger partial charge in [-0.05, 0) is 24.6 Å². The highest BCUT2D eigenvalue weighted by Gasteiger charge is 2.43. The Kier molecular flexibility index (Phi) is 3.92. The Bertz CT molecular complexity index is 759. The normalized spacial score (nSPS) is 28.6. The van der Waals surface area contributed by atoms with E-state index < -0.39 is 35.6 Å². The molecule has 2 saturated heterocycles. The predicted molar refractivity (Wildman–Crippen MR) is 82.9 cm³/mol. The summed E-state index contributed by atoms with van der Waals surface area (Å²) >= 11 is 0. The highest BCUT2D eigenvalue weighted by atomic mass is 16.6. The second-order valence-electron chi connectivity index (χ2n) is 5.77. The maximum Gasteiger partial charge on any atom is 0.321 e. The molecule has 3 atom stereocenters. The summed E-state index contributed by atoms with van der Waals surface area (Å²) in [5, 5.41) is 5.37. The first-order valence-corrected chi connectivity index (χ1v) is 7.59. The molecule has 24 heavy (non-hydrogen) atoms. The Morgan fingerprint density at radius 1 is 1.25 bits per heavy atom. The minimum atomic E-state index is -0.624. The largest absolute Gasteiger partial charge is 0.392 e. The van der Waals surface area contributed by atoms with E-state index >= 15 is 0 Å². The topological polar surface area (TPSA) is 102 Å². The second kappa shape index (κ2) is 5.92. The van der Waals surface area contributed by atoms with E-state index in [-0.39, 0.29) is 17.2 Å². The molecule has 1 aliphatic carbocycles. The Labute approximate surface area is 138 Å². The monoisotopic (exact) mass is 328 g/mol. The molecule has 2 fully saturated rings. The zero-order valence-corrected chi connectivity index (χ0v) is 13.0. The third-order valence-electron chi connectivity index (χ3n) is 4.21. The van der Waals surface area contributed by atoms with Crippen LogP contribution in [0.3, 0.4) is 0 Å². The molecule has 0 bridgehead atoms. The van der Waals surface area contributed by atoms with Crippen molar-refractivity contribution in [1.29, 1.82) is 0 Å². The molecule has 2 amide bonds. The van der Waals surface area contributed by atoms with Crippen molar-refractivity contribution in [3.8, 4) is 0 Å². The number of hydrogen-bond donors (Lipinski definition) is 2. The van der Waals surface area contributed by atoms with E-state index in [9.17, 15) is 19.2 Å². The van der Waals surface area contributed by atoms with Crippen LogP contribution in [0.2, 0.25) is 0 Å². The van der Waals surface area contributed by atoms with Gasteiger partial charge in [-0.15, -0.1) is 0 Å². The Morgan fingerprint density at radius 2 is 1.96 bits per heavy atom. The number of rotatable bonds is 4. The molecule has 0 radical (unpaired) electrons. The smallest absolute Gasteiger partial charge is 0.321 e. The van der Waals surface area contributed by atoms with Gasteiger partial charge in [0, 0.05) is 22.9 Å². The van der Waals surface area contributed by atoms with E-state index in [1.807, 2.05) is 6.92 Å². The van der Waals surface area contributed by atoms with Crippen LogP contribution in [0.1, 0.15) is 13.3 Å². The van der Waals surface area contributed by atoms with Gasteiger partial charge in [0.05, 0.1) is 11.8 Å². The molecule has 0 spiro atoms. The van der Waals surface area contributed by atoms with Crippen molar-refractivity contribution in [3.05, 3.63) is 47.7 Å². The number of fused-ring (bicyclic) bond motifs is 1. The number of allylic oxidation sites excluding steroid dienone is 1. The van der Waals surface area contributed by atoms with E-state index in [4.69, 9.17) is 0 Å². The number of carbonyl (C=O) groups excluding carboxylic acids is 4. The maximum absolute atomic E-state index is 11.8. The Balaban J connectivity index is 1.77. The minimum absolute atomic E-state index is 0.137. The van der Waals surface area contributed by atoms with Crippen molar-refractivity contribution in [3.63, 3.8) is 0 Å². The van der Waals surface area contributed by atoms with Crippen LogP contribution in [-0.2, 0) is 23.9 Å². The van der Waals surface area contributed by atoms with Crippen LogP contribution in [0.15, 0.2) is 47.7 Å². The summed E-state index contributed by atoms with van der Waals surface area (Å²) < 4.78 is 4.62. The molecule has 2 N–H and O–H groups in total. The second-order valence-corrected chi connectivity index (χ2v) is 5.77. The zero-order valence-electron chi connectivity index (χ0n) is 13.0. The highest BCUT2D eigenvalue weighted by molar-refractivity contribution is 6.24. The van der Waals surface area contributed by atoms with Crippen LogP contribution >= 0.6 is 0 Å². The summed E-state index contributed by atoms with van der Waals surface area (Å²) in [5.41, 5.74) is 1.04. The molecule has 2 heterocycles. The fraction of sp³-hybridized carbons (Fsp3) is 0.294. The van der Waals surface area contributed by atoms with Crippen LogP contribution in [0, 0.1) is 11.8 Å². The summed E-state index contributed by atoms with van der Waals surface area (Å²) in [6.07, 6.45) is 7.26. The lowest BCUT2D eigenvalue weighted by atomic mass is 9.89. The molecule has 0 aromatic carbocycles. The molecule has 3 unspecified atom stereocenters. The van der Waals surface area contributed by atoms with Crippen molar-refractivity contribution < 1.29 is 23.9 Å². The molecule has 3 aliphatic rings. The summed E-state index contributed by atoms with van der Waals surface area (Å²) in [6, 6.07) is -0.242. The number of carbonyl (C=O) groups is 4. The third-order valence-corrected chi connectivity index (χ3v) is 4.21.